The Labute approximate surface area is 142 Å². The van der Waals surface area contributed by atoms with E-state index in [2.05, 4.69) is 49.2 Å². The maximum absolute atomic E-state index is 12.6. The molecule has 24 heavy (non-hydrogen) atoms. The number of carbonyl (C=O) groups excluding carboxylic acids is 1. The van der Waals surface area contributed by atoms with Crippen molar-refractivity contribution in [3.63, 3.8) is 0 Å². The van der Waals surface area contributed by atoms with Gasteiger partial charge in [0.25, 0.3) is 0 Å². The number of nitrogens with one attached hydrogen (secondary N) is 1. The smallest absolute Gasteiger partial charge is 0.228 e. The number of rotatable bonds is 5. The average molecular weight is 324 g/mol. The van der Waals surface area contributed by atoms with Crippen LogP contribution in [0.3, 0.4) is 0 Å². The second-order valence-corrected chi connectivity index (χ2v) is 7.35. The summed E-state index contributed by atoms with van der Waals surface area (Å²) < 4.78 is 1.77. The van der Waals surface area contributed by atoms with Crippen LogP contribution in [0.15, 0.2) is 48.6 Å². The Balaban J connectivity index is 1.62. The molecule has 1 aromatic heterocycles. The fourth-order valence-electron chi connectivity index (χ4n) is 3.26. The largest absolute Gasteiger partial charge is 0.326 e. The first-order valence-electron chi connectivity index (χ1n) is 8.25. The van der Waals surface area contributed by atoms with Gasteiger partial charge < -0.3 is 5.32 Å². The fraction of sp³-hybridized carbons (Fsp3) is 0.421. The third-order valence-corrected chi connectivity index (χ3v) is 4.74. The molecule has 0 saturated heterocycles. The number of anilines is 1. The van der Waals surface area contributed by atoms with Gasteiger partial charge in [0, 0.05) is 5.69 Å². The van der Waals surface area contributed by atoms with Crippen LogP contribution in [-0.2, 0) is 11.3 Å². The van der Waals surface area contributed by atoms with E-state index in [1.165, 1.54) is 11.9 Å². The van der Waals surface area contributed by atoms with Gasteiger partial charge in [0.05, 0.1) is 12.5 Å². The summed E-state index contributed by atoms with van der Waals surface area (Å²) in [5, 5.41) is 7.14. The van der Waals surface area contributed by atoms with Gasteiger partial charge in [-0.15, -0.1) is 0 Å². The van der Waals surface area contributed by atoms with Gasteiger partial charge >= 0.3 is 0 Å². The van der Waals surface area contributed by atoms with E-state index in [-0.39, 0.29) is 17.2 Å². The molecule has 0 radical (unpaired) electrons. The molecule has 0 bridgehead atoms. The van der Waals surface area contributed by atoms with Crippen LogP contribution in [0.4, 0.5) is 5.69 Å². The maximum atomic E-state index is 12.6. The topological polar surface area (TPSA) is 59.8 Å². The van der Waals surface area contributed by atoms with Gasteiger partial charge in [-0.3, -0.25) is 4.79 Å². The zero-order chi connectivity index (χ0) is 17.3. The molecular formula is C19H24N4O. The Morgan fingerprint density at radius 1 is 1.29 bits per heavy atom. The molecule has 3 rings (SSSR count). The summed E-state index contributed by atoms with van der Waals surface area (Å²) in [6.45, 7) is 9.14. The molecule has 5 heteroatoms. The van der Waals surface area contributed by atoms with Crippen molar-refractivity contribution in [1.82, 2.24) is 14.8 Å². The van der Waals surface area contributed by atoms with Crippen molar-refractivity contribution >= 4 is 11.6 Å². The van der Waals surface area contributed by atoms with Crippen LogP contribution in [0.1, 0.15) is 33.3 Å². The first-order valence-corrected chi connectivity index (χ1v) is 8.25. The highest BCUT2D eigenvalue weighted by Crippen LogP contribution is 2.59. The van der Waals surface area contributed by atoms with Gasteiger partial charge in [-0.25, -0.2) is 9.67 Å². The highest BCUT2D eigenvalue weighted by atomic mass is 16.2. The zero-order valence-corrected chi connectivity index (χ0v) is 14.7. The van der Waals surface area contributed by atoms with Gasteiger partial charge in [-0.2, -0.15) is 5.10 Å². The predicted octanol–water partition coefficient (Wildman–Crippen LogP) is 3.50. The third-order valence-electron chi connectivity index (χ3n) is 4.74. The van der Waals surface area contributed by atoms with Gasteiger partial charge in [0.15, 0.2) is 0 Å². The SMILES string of the molecule is CC(C)=CC1C(C(=O)Nc2ccc(Cn3cncn3)cc2)C1(C)C. The first-order chi connectivity index (χ1) is 11.4. The average Bonchev–Trinajstić information content (AvgIpc) is 2.88. The second kappa shape index (κ2) is 6.23. The Morgan fingerprint density at radius 2 is 2.00 bits per heavy atom. The van der Waals surface area contributed by atoms with Crippen molar-refractivity contribution in [2.45, 2.75) is 34.2 Å². The molecule has 2 atom stereocenters. The number of allylic oxidation sites excluding steroid dienone is 2. The molecule has 1 aromatic carbocycles. The molecule has 1 fully saturated rings. The summed E-state index contributed by atoms with van der Waals surface area (Å²) in [5.74, 6) is 0.475. The van der Waals surface area contributed by atoms with Crippen LogP contribution in [0, 0.1) is 17.3 Å². The number of aromatic nitrogens is 3. The molecule has 1 aliphatic rings. The zero-order valence-electron chi connectivity index (χ0n) is 14.7. The Hall–Kier alpha value is -2.43. The van der Waals surface area contributed by atoms with Crippen LogP contribution < -0.4 is 5.32 Å². The number of benzene rings is 1. The van der Waals surface area contributed by atoms with Crippen LogP contribution in [-0.4, -0.2) is 20.7 Å². The molecule has 1 heterocycles. The molecular weight excluding hydrogens is 300 g/mol. The monoisotopic (exact) mass is 324 g/mol. The summed E-state index contributed by atoms with van der Waals surface area (Å²) in [6, 6.07) is 7.89. The van der Waals surface area contributed by atoms with E-state index in [0.717, 1.165) is 11.3 Å². The van der Waals surface area contributed by atoms with Gasteiger partial charge in [-0.1, -0.05) is 37.6 Å². The molecule has 1 saturated carbocycles. The van der Waals surface area contributed by atoms with E-state index in [0.29, 0.717) is 12.5 Å². The maximum Gasteiger partial charge on any atom is 0.228 e. The molecule has 126 valence electrons. The van der Waals surface area contributed by atoms with Crippen molar-refractivity contribution < 1.29 is 4.79 Å². The normalized spacial score (nSPS) is 21.2. The summed E-state index contributed by atoms with van der Waals surface area (Å²) in [6.07, 6.45) is 5.43. The van der Waals surface area contributed by atoms with E-state index in [1.807, 2.05) is 24.3 Å². The van der Waals surface area contributed by atoms with Crippen LogP contribution >= 0.6 is 0 Å². The molecule has 1 aliphatic carbocycles. The highest BCUT2D eigenvalue weighted by Gasteiger charge is 2.60. The van der Waals surface area contributed by atoms with Crippen LogP contribution in [0.25, 0.3) is 0 Å². The molecule has 1 amide bonds. The quantitative estimate of drug-likeness (QED) is 0.856. The molecule has 2 unspecified atom stereocenters. The molecule has 5 nitrogen and oxygen atoms in total. The molecule has 0 aliphatic heterocycles. The summed E-state index contributed by atoms with van der Waals surface area (Å²) in [4.78, 5) is 16.5. The Kier molecular flexibility index (Phi) is 4.26. The minimum atomic E-state index is 0.0361. The van der Waals surface area contributed by atoms with E-state index in [4.69, 9.17) is 0 Å². The van der Waals surface area contributed by atoms with Crippen molar-refractivity contribution in [1.29, 1.82) is 0 Å². The van der Waals surface area contributed by atoms with E-state index in [9.17, 15) is 4.79 Å². The first kappa shape index (κ1) is 16.4. The van der Waals surface area contributed by atoms with Crippen molar-refractivity contribution in [3.05, 3.63) is 54.1 Å². The van der Waals surface area contributed by atoms with Gasteiger partial charge in [0.2, 0.25) is 5.91 Å². The predicted molar refractivity (Wildman–Crippen MR) is 94.4 cm³/mol. The van der Waals surface area contributed by atoms with Crippen molar-refractivity contribution in [2.24, 2.45) is 17.3 Å². The minimum absolute atomic E-state index is 0.0361. The Bertz CT molecular complexity index is 740. The van der Waals surface area contributed by atoms with Gasteiger partial charge in [0.1, 0.15) is 12.7 Å². The lowest BCUT2D eigenvalue weighted by molar-refractivity contribution is -0.118. The lowest BCUT2D eigenvalue weighted by atomic mass is 10.1. The highest BCUT2D eigenvalue weighted by molar-refractivity contribution is 5.95. The lowest BCUT2D eigenvalue weighted by Crippen LogP contribution is -2.16. The van der Waals surface area contributed by atoms with Crippen LogP contribution in [0.5, 0.6) is 0 Å². The van der Waals surface area contributed by atoms with E-state index < -0.39 is 0 Å². The number of nitrogens with zero attached hydrogens (tertiary/aromatic N) is 3. The Morgan fingerprint density at radius 3 is 2.58 bits per heavy atom. The minimum Gasteiger partial charge on any atom is -0.326 e. The number of hydrogen-bond acceptors (Lipinski definition) is 3. The van der Waals surface area contributed by atoms with Gasteiger partial charge in [-0.05, 0) is 42.9 Å². The van der Waals surface area contributed by atoms with E-state index >= 15 is 0 Å². The standard InChI is InChI=1S/C19H24N4O/c1-13(2)9-16-17(19(16,3)4)18(24)22-15-7-5-14(6-8-15)10-23-12-20-11-21-23/h5-9,11-12,16-17H,10H2,1-4H3,(H,22,24). The third kappa shape index (κ3) is 3.40. The number of carbonyl (C=O) groups is 1. The second-order valence-electron chi connectivity index (χ2n) is 7.35. The molecule has 1 N–H and O–H groups in total. The number of amides is 1. The lowest BCUT2D eigenvalue weighted by Gasteiger charge is -2.07. The van der Waals surface area contributed by atoms with Crippen molar-refractivity contribution in [2.75, 3.05) is 5.32 Å². The molecule has 2 aromatic rings. The van der Waals surface area contributed by atoms with Crippen molar-refractivity contribution in [3.8, 4) is 0 Å². The summed E-state index contributed by atoms with van der Waals surface area (Å²) >= 11 is 0. The molecule has 0 spiro atoms. The summed E-state index contributed by atoms with van der Waals surface area (Å²) in [7, 11) is 0. The van der Waals surface area contributed by atoms with Crippen LogP contribution in [0.2, 0.25) is 0 Å². The fourth-order valence-corrected chi connectivity index (χ4v) is 3.26. The van der Waals surface area contributed by atoms with E-state index in [1.54, 1.807) is 11.0 Å². The number of hydrogen-bond donors (Lipinski definition) is 1. The summed E-state index contributed by atoms with van der Waals surface area (Å²) in [5.41, 5.74) is 3.25.